The van der Waals surface area contributed by atoms with Crippen molar-refractivity contribution in [3.05, 3.63) is 84.2 Å². The normalized spacial score (nSPS) is 20.6. The Hall–Kier alpha value is -3.78. The van der Waals surface area contributed by atoms with E-state index >= 15 is 0 Å². The molecule has 0 aliphatic heterocycles. The zero-order valence-electron chi connectivity index (χ0n) is 18.0. The van der Waals surface area contributed by atoms with Gasteiger partial charge < -0.3 is 15.2 Å². The first-order valence-electron chi connectivity index (χ1n) is 11.2. The number of hydrogen-bond acceptors (Lipinski definition) is 7. The molecule has 0 saturated heterocycles. The molecule has 166 valence electrons. The molecular formula is C25H24N6O2. The Balaban J connectivity index is 1.12. The molecule has 2 saturated carbocycles. The van der Waals surface area contributed by atoms with Crippen LogP contribution in [0.5, 0.6) is 17.4 Å². The Labute approximate surface area is 191 Å². The van der Waals surface area contributed by atoms with Crippen LogP contribution < -0.4 is 15.2 Å². The summed E-state index contributed by atoms with van der Waals surface area (Å²) in [6.45, 7) is 0. The second-order valence-electron chi connectivity index (χ2n) is 8.75. The highest BCUT2D eigenvalue weighted by Gasteiger charge is 2.45. The molecule has 2 aliphatic rings. The van der Waals surface area contributed by atoms with Crippen LogP contribution in [0.4, 0.5) is 0 Å². The summed E-state index contributed by atoms with van der Waals surface area (Å²) in [5, 5.41) is 16.3. The van der Waals surface area contributed by atoms with E-state index in [0.717, 1.165) is 37.2 Å². The van der Waals surface area contributed by atoms with Gasteiger partial charge in [-0.05, 0) is 67.1 Å². The maximum Gasteiger partial charge on any atom is 0.238 e. The van der Waals surface area contributed by atoms with Gasteiger partial charge in [-0.15, -0.1) is 15.0 Å². The maximum absolute atomic E-state index is 6.00. The smallest absolute Gasteiger partial charge is 0.238 e. The minimum Gasteiger partial charge on any atom is -0.490 e. The van der Waals surface area contributed by atoms with E-state index in [-0.39, 0.29) is 11.5 Å². The molecule has 0 amide bonds. The van der Waals surface area contributed by atoms with Crippen LogP contribution in [0.3, 0.4) is 0 Å². The minimum atomic E-state index is 0.0775. The fourth-order valence-electron chi connectivity index (χ4n) is 4.39. The van der Waals surface area contributed by atoms with Crippen LogP contribution >= 0.6 is 0 Å². The van der Waals surface area contributed by atoms with Crippen LogP contribution in [-0.2, 0) is 5.41 Å². The van der Waals surface area contributed by atoms with Crippen LogP contribution in [-0.4, -0.2) is 37.3 Å². The van der Waals surface area contributed by atoms with E-state index < -0.39 is 0 Å². The van der Waals surface area contributed by atoms with Gasteiger partial charge in [-0.25, -0.2) is 0 Å². The average Bonchev–Trinajstić information content (AvgIpc) is 3.45. The van der Waals surface area contributed by atoms with Gasteiger partial charge in [0.25, 0.3) is 0 Å². The predicted octanol–water partition coefficient (Wildman–Crippen LogP) is 3.80. The minimum absolute atomic E-state index is 0.0775. The van der Waals surface area contributed by atoms with Crippen molar-refractivity contribution in [3.63, 3.8) is 0 Å². The molecule has 0 radical (unpaired) electrons. The first-order valence-corrected chi connectivity index (χ1v) is 11.2. The molecule has 0 bridgehead atoms. The van der Waals surface area contributed by atoms with Crippen LogP contribution in [0.2, 0.25) is 0 Å². The molecular weight excluding hydrogens is 416 g/mol. The SMILES string of the molecule is N[C@H]1C[C@H](Oc2ccc(C3(c4ccc(Oc5ccc(-n6nccn6)nn5)cc4)CC3)cc2)C1. The van der Waals surface area contributed by atoms with Crippen molar-refractivity contribution in [2.45, 2.75) is 43.2 Å². The van der Waals surface area contributed by atoms with Gasteiger partial charge in [0.1, 0.15) is 17.6 Å². The Kier molecular flexibility index (Phi) is 4.80. The Morgan fingerprint density at radius 1 is 0.788 bits per heavy atom. The summed E-state index contributed by atoms with van der Waals surface area (Å²) >= 11 is 0. The lowest BCUT2D eigenvalue weighted by molar-refractivity contribution is 0.101. The van der Waals surface area contributed by atoms with Crippen molar-refractivity contribution >= 4 is 0 Å². The number of benzene rings is 2. The molecule has 2 aliphatic carbocycles. The lowest BCUT2D eigenvalue weighted by atomic mass is 9.88. The zero-order chi connectivity index (χ0) is 22.3. The molecule has 2 aromatic heterocycles. The monoisotopic (exact) mass is 440 g/mol. The molecule has 2 N–H and O–H groups in total. The third kappa shape index (κ3) is 3.93. The largest absolute Gasteiger partial charge is 0.490 e. The lowest BCUT2D eigenvalue weighted by Gasteiger charge is -2.32. The fourth-order valence-corrected chi connectivity index (χ4v) is 4.39. The highest BCUT2D eigenvalue weighted by molar-refractivity contribution is 5.48. The summed E-state index contributed by atoms with van der Waals surface area (Å²) in [5.74, 6) is 2.59. The van der Waals surface area contributed by atoms with E-state index in [0.29, 0.717) is 17.7 Å². The highest BCUT2D eigenvalue weighted by Crippen LogP contribution is 2.53. The maximum atomic E-state index is 6.00. The van der Waals surface area contributed by atoms with E-state index in [4.69, 9.17) is 15.2 Å². The standard InChI is InChI=1S/C25H24N6O2/c26-19-15-22(16-19)32-20-5-1-17(2-6-20)25(11-12-25)18-3-7-21(8-4-18)33-24-10-9-23(29-30-24)31-27-13-14-28-31/h1-10,13-14,19,22H,11-12,15-16,26H2/t19-,22-. The van der Waals surface area contributed by atoms with Crippen molar-refractivity contribution in [1.82, 2.24) is 25.2 Å². The van der Waals surface area contributed by atoms with Gasteiger partial charge in [0.05, 0.1) is 12.4 Å². The molecule has 8 nitrogen and oxygen atoms in total. The van der Waals surface area contributed by atoms with Crippen LogP contribution in [0.25, 0.3) is 5.82 Å². The van der Waals surface area contributed by atoms with Gasteiger partial charge >= 0.3 is 0 Å². The van der Waals surface area contributed by atoms with Crippen molar-refractivity contribution in [2.75, 3.05) is 0 Å². The Morgan fingerprint density at radius 3 is 1.97 bits per heavy atom. The van der Waals surface area contributed by atoms with Gasteiger partial charge in [-0.1, -0.05) is 24.3 Å². The van der Waals surface area contributed by atoms with E-state index in [1.54, 1.807) is 24.5 Å². The first kappa shape index (κ1) is 19.9. The number of rotatable bonds is 7. The quantitative estimate of drug-likeness (QED) is 0.466. The van der Waals surface area contributed by atoms with Crippen LogP contribution in [0.1, 0.15) is 36.8 Å². The molecule has 2 fully saturated rings. The number of nitrogens with two attached hydrogens (primary N) is 1. The van der Waals surface area contributed by atoms with Gasteiger partial charge in [0.15, 0.2) is 5.82 Å². The lowest BCUT2D eigenvalue weighted by Crippen LogP contribution is -2.43. The number of aromatic nitrogens is 5. The Bertz CT molecular complexity index is 1210. The molecule has 2 aromatic carbocycles. The molecule has 4 aromatic rings. The summed E-state index contributed by atoms with van der Waals surface area (Å²) in [4.78, 5) is 1.40. The van der Waals surface area contributed by atoms with E-state index in [2.05, 4.69) is 56.8 Å². The third-order valence-corrected chi connectivity index (χ3v) is 6.47. The van der Waals surface area contributed by atoms with E-state index in [1.165, 1.54) is 15.9 Å². The third-order valence-electron chi connectivity index (χ3n) is 6.47. The van der Waals surface area contributed by atoms with Gasteiger partial charge in [-0.2, -0.15) is 10.2 Å². The second kappa shape index (κ2) is 7.97. The van der Waals surface area contributed by atoms with E-state index in [9.17, 15) is 0 Å². The average molecular weight is 441 g/mol. The number of ether oxygens (including phenoxy) is 2. The predicted molar refractivity (Wildman–Crippen MR) is 122 cm³/mol. The molecule has 33 heavy (non-hydrogen) atoms. The molecule has 0 spiro atoms. The zero-order valence-corrected chi connectivity index (χ0v) is 18.0. The molecule has 0 atom stereocenters. The van der Waals surface area contributed by atoms with Crippen LogP contribution in [0, 0.1) is 0 Å². The highest BCUT2D eigenvalue weighted by atomic mass is 16.5. The van der Waals surface area contributed by atoms with Crippen molar-refractivity contribution in [1.29, 1.82) is 0 Å². The van der Waals surface area contributed by atoms with Gasteiger partial charge in [0.2, 0.25) is 5.88 Å². The summed E-state index contributed by atoms with van der Waals surface area (Å²) in [5.41, 5.74) is 8.54. The topological polar surface area (TPSA) is 101 Å². The van der Waals surface area contributed by atoms with Gasteiger partial charge in [0, 0.05) is 17.5 Å². The van der Waals surface area contributed by atoms with Crippen molar-refractivity contribution < 1.29 is 9.47 Å². The summed E-state index contributed by atoms with van der Waals surface area (Å²) < 4.78 is 11.9. The van der Waals surface area contributed by atoms with E-state index in [1.807, 2.05) is 12.1 Å². The van der Waals surface area contributed by atoms with Crippen molar-refractivity contribution in [2.24, 2.45) is 5.73 Å². The second-order valence-corrected chi connectivity index (χ2v) is 8.75. The Morgan fingerprint density at radius 2 is 1.42 bits per heavy atom. The van der Waals surface area contributed by atoms with Crippen LogP contribution in [0.15, 0.2) is 73.1 Å². The summed E-state index contributed by atoms with van der Waals surface area (Å²) in [6, 6.07) is 20.6. The number of hydrogen-bond donors (Lipinski definition) is 1. The molecule has 8 heteroatoms. The summed E-state index contributed by atoms with van der Waals surface area (Å²) in [7, 11) is 0. The fraction of sp³-hybridized carbons (Fsp3) is 0.280. The molecule has 2 heterocycles. The first-order chi connectivity index (χ1) is 16.2. The molecule has 0 unspecified atom stereocenters. The van der Waals surface area contributed by atoms with Crippen molar-refractivity contribution in [3.8, 4) is 23.2 Å². The van der Waals surface area contributed by atoms with Gasteiger partial charge in [-0.3, -0.25) is 0 Å². The summed E-state index contributed by atoms with van der Waals surface area (Å²) in [6.07, 6.45) is 7.60. The molecule has 6 rings (SSSR count). The number of nitrogens with zero attached hydrogens (tertiary/aromatic N) is 5.